The number of hydrogen-bond donors (Lipinski definition) is 0. The van der Waals surface area contributed by atoms with Crippen molar-refractivity contribution in [3.05, 3.63) is 98.5 Å². The molecule has 0 fully saturated rings. The lowest BCUT2D eigenvalue weighted by Gasteiger charge is -2.08. The maximum atomic E-state index is 13.2. The van der Waals surface area contributed by atoms with E-state index in [1.54, 1.807) is 56.3 Å². The maximum Gasteiger partial charge on any atom is 0.459 e. The zero-order chi connectivity index (χ0) is 20.4. The second-order valence-electron chi connectivity index (χ2n) is 6.29. The maximum absolute atomic E-state index is 13.2. The van der Waals surface area contributed by atoms with Crippen molar-refractivity contribution in [2.45, 2.75) is 13.8 Å². The van der Waals surface area contributed by atoms with Gasteiger partial charge in [-0.2, -0.15) is 0 Å². The van der Waals surface area contributed by atoms with Gasteiger partial charge in [0.1, 0.15) is 5.56 Å². The summed E-state index contributed by atoms with van der Waals surface area (Å²) < 4.78 is 13.2. The van der Waals surface area contributed by atoms with E-state index in [0.717, 1.165) is 0 Å². The first-order valence-electron chi connectivity index (χ1n) is 8.48. The molecule has 3 aromatic rings. The van der Waals surface area contributed by atoms with Crippen molar-refractivity contribution in [3.8, 4) is 0 Å². The van der Waals surface area contributed by atoms with Crippen LogP contribution in [0.2, 0.25) is 10.0 Å². The Balaban J connectivity index is 2.08. The molecule has 0 bridgehead atoms. The predicted molar refractivity (Wildman–Crippen MR) is 114 cm³/mol. The van der Waals surface area contributed by atoms with E-state index in [-0.39, 0.29) is 21.4 Å². The minimum atomic E-state index is -2.51. The Morgan fingerprint density at radius 3 is 2.04 bits per heavy atom. The average molecular weight is 430 g/mol. The Kier molecular flexibility index (Phi) is 6.10. The van der Waals surface area contributed by atoms with Gasteiger partial charge in [0.05, 0.1) is 10.0 Å². The van der Waals surface area contributed by atoms with Gasteiger partial charge in [-0.3, -0.25) is 4.79 Å². The van der Waals surface area contributed by atoms with Crippen molar-refractivity contribution in [3.63, 3.8) is 0 Å². The molecule has 0 saturated carbocycles. The van der Waals surface area contributed by atoms with Gasteiger partial charge < -0.3 is 0 Å². The van der Waals surface area contributed by atoms with E-state index >= 15 is 0 Å². The summed E-state index contributed by atoms with van der Waals surface area (Å²) in [5, 5.41) is 0.637. The molecule has 3 nitrogen and oxygen atoms in total. The van der Waals surface area contributed by atoms with Crippen LogP contribution in [-0.4, -0.2) is 11.3 Å². The zero-order valence-electron chi connectivity index (χ0n) is 15.2. The lowest BCUT2D eigenvalue weighted by molar-refractivity contribution is 0.103. The van der Waals surface area contributed by atoms with Crippen LogP contribution in [0.15, 0.2) is 60.7 Å². The molecule has 0 aliphatic rings. The lowest BCUT2D eigenvalue weighted by atomic mass is 9.97. The van der Waals surface area contributed by atoms with Crippen molar-refractivity contribution >= 4 is 47.6 Å². The Bertz CT molecular complexity index is 1090. The largest absolute Gasteiger partial charge is 0.459 e. The van der Waals surface area contributed by atoms with Gasteiger partial charge in [0.2, 0.25) is 5.30 Å². The highest BCUT2D eigenvalue weighted by molar-refractivity contribution is 7.71. The minimum absolute atomic E-state index is 0.0329. The summed E-state index contributed by atoms with van der Waals surface area (Å²) in [5.74, 6) is -0.189. The highest BCUT2D eigenvalue weighted by Gasteiger charge is 2.39. The van der Waals surface area contributed by atoms with E-state index in [1.807, 2.05) is 6.07 Å². The summed E-state index contributed by atoms with van der Waals surface area (Å²) in [6.07, 6.45) is 0. The zero-order valence-corrected chi connectivity index (χ0v) is 17.6. The predicted octanol–water partition coefficient (Wildman–Crippen LogP) is 6.13. The summed E-state index contributed by atoms with van der Waals surface area (Å²) in [5.41, 5.74) is 1.50. The lowest BCUT2D eigenvalue weighted by Crippen LogP contribution is -2.17. The van der Waals surface area contributed by atoms with Gasteiger partial charge in [0, 0.05) is 22.3 Å². The molecular formula is C22H16Cl2O3P+. The molecule has 0 N–H and O–H groups in total. The van der Waals surface area contributed by atoms with Gasteiger partial charge in [-0.05, 0) is 26.0 Å². The summed E-state index contributed by atoms with van der Waals surface area (Å²) >= 11 is 12.2. The summed E-state index contributed by atoms with van der Waals surface area (Å²) in [6, 6.07) is 16.9. The molecule has 0 radical (unpaired) electrons. The fraction of sp³-hybridized carbons (Fsp3) is 0.0909. The third-order valence-electron chi connectivity index (χ3n) is 4.48. The van der Waals surface area contributed by atoms with Crippen LogP contribution in [0.5, 0.6) is 0 Å². The van der Waals surface area contributed by atoms with Crippen LogP contribution in [0.1, 0.15) is 37.4 Å². The molecule has 0 aliphatic carbocycles. The van der Waals surface area contributed by atoms with E-state index in [4.69, 9.17) is 23.2 Å². The first kappa shape index (κ1) is 20.4. The first-order valence-corrected chi connectivity index (χ1v) is 10.5. The molecule has 1 atom stereocenters. The van der Waals surface area contributed by atoms with Gasteiger partial charge in [0.25, 0.3) is 0 Å². The molecule has 0 spiro atoms. The third-order valence-corrected chi connectivity index (χ3v) is 6.79. The smallest absolute Gasteiger partial charge is 0.289 e. The third kappa shape index (κ3) is 3.79. The van der Waals surface area contributed by atoms with E-state index in [1.165, 1.54) is 12.1 Å². The number of rotatable bonds is 5. The van der Waals surface area contributed by atoms with Crippen LogP contribution < -0.4 is 5.30 Å². The van der Waals surface area contributed by atoms with Crippen LogP contribution >= 0.6 is 31.0 Å². The fourth-order valence-corrected chi connectivity index (χ4v) is 5.21. The van der Waals surface area contributed by atoms with Crippen molar-refractivity contribution in [1.29, 1.82) is 0 Å². The van der Waals surface area contributed by atoms with Gasteiger partial charge in [-0.15, -0.1) is 0 Å². The van der Waals surface area contributed by atoms with Gasteiger partial charge in [0.15, 0.2) is 5.78 Å². The molecule has 0 saturated heterocycles. The number of aryl methyl sites for hydroxylation is 1. The molecule has 0 heterocycles. The van der Waals surface area contributed by atoms with Crippen molar-refractivity contribution < 1.29 is 14.2 Å². The molecule has 3 rings (SSSR count). The van der Waals surface area contributed by atoms with Crippen LogP contribution in [-0.2, 0) is 4.57 Å². The van der Waals surface area contributed by atoms with Crippen LogP contribution in [0.25, 0.3) is 0 Å². The Morgan fingerprint density at radius 2 is 1.43 bits per heavy atom. The van der Waals surface area contributed by atoms with Crippen molar-refractivity contribution in [2.24, 2.45) is 0 Å². The van der Waals surface area contributed by atoms with E-state index in [9.17, 15) is 14.2 Å². The number of ketones is 1. The molecule has 1 unspecified atom stereocenters. The van der Waals surface area contributed by atoms with E-state index < -0.39 is 13.3 Å². The fourth-order valence-electron chi connectivity index (χ4n) is 3.04. The second kappa shape index (κ2) is 8.36. The van der Waals surface area contributed by atoms with E-state index in [0.29, 0.717) is 27.6 Å². The normalized spacial score (nSPS) is 11.2. The highest BCUT2D eigenvalue weighted by Crippen LogP contribution is 2.36. The molecule has 140 valence electrons. The number of carbonyl (C=O) groups excluding carboxylic acids is 2. The molecule has 28 heavy (non-hydrogen) atoms. The Morgan fingerprint density at radius 1 is 0.821 bits per heavy atom. The summed E-state index contributed by atoms with van der Waals surface area (Å²) in [7, 11) is -2.51. The van der Waals surface area contributed by atoms with Crippen molar-refractivity contribution in [2.75, 3.05) is 0 Å². The number of carbonyl (C=O) groups is 2. The molecule has 0 amide bonds. The molecule has 0 aliphatic heterocycles. The van der Waals surface area contributed by atoms with Gasteiger partial charge >= 0.3 is 13.3 Å². The Hall–Kier alpha value is -2.32. The van der Waals surface area contributed by atoms with Crippen LogP contribution in [0.3, 0.4) is 0 Å². The van der Waals surface area contributed by atoms with E-state index in [2.05, 4.69) is 0 Å². The summed E-state index contributed by atoms with van der Waals surface area (Å²) in [4.78, 5) is 25.8. The quantitative estimate of drug-likeness (QED) is 0.361. The number of benzene rings is 3. The van der Waals surface area contributed by atoms with Gasteiger partial charge in [-0.1, -0.05) is 76.3 Å². The number of hydrogen-bond acceptors (Lipinski definition) is 3. The Labute approximate surface area is 174 Å². The average Bonchev–Trinajstić information content (AvgIpc) is 2.68. The molecule has 0 aromatic heterocycles. The highest BCUT2D eigenvalue weighted by atomic mass is 35.5. The summed E-state index contributed by atoms with van der Waals surface area (Å²) in [6.45, 7) is 3.46. The topological polar surface area (TPSA) is 51.2 Å². The van der Waals surface area contributed by atoms with Gasteiger partial charge in [-0.25, -0.2) is 4.79 Å². The van der Waals surface area contributed by atoms with Crippen molar-refractivity contribution in [1.82, 2.24) is 0 Å². The van der Waals surface area contributed by atoms with Crippen LogP contribution in [0, 0.1) is 13.8 Å². The standard InChI is InChI=1S/C22H16Cl2O3P/c1-13-11-12-16(20(25)15-7-4-3-5-8-15)14(2)21(13)28(27)22(26)19-17(23)9-6-10-18(19)24/h3-12H,1-2H3/q+1. The van der Waals surface area contributed by atoms with Crippen LogP contribution in [0.4, 0.5) is 0 Å². The molecule has 3 aromatic carbocycles. The molecule has 6 heteroatoms. The molecular weight excluding hydrogens is 414 g/mol. The SMILES string of the molecule is Cc1ccc(C(=O)c2ccccc2)c(C)c1[P+](=O)C(=O)c1c(Cl)cccc1Cl. The monoisotopic (exact) mass is 429 g/mol. The second-order valence-corrected chi connectivity index (χ2v) is 8.55. The number of halogens is 2. The minimum Gasteiger partial charge on any atom is -0.289 e. The first-order chi connectivity index (χ1) is 13.3.